The molecular formula is C14H25NO2Si. The van der Waals surface area contributed by atoms with Crippen molar-refractivity contribution >= 4 is 14.2 Å². The molecule has 18 heavy (non-hydrogen) atoms. The minimum Gasteiger partial charge on any atom is -0.394 e. The second-order valence-electron chi connectivity index (χ2n) is 4.35. The highest BCUT2D eigenvalue weighted by molar-refractivity contribution is 6.68. The van der Waals surface area contributed by atoms with Crippen LogP contribution in [0.3, 0.4) is 0 Å². The van der Waals surface area contributed by atoms with Crippen LogP contribution >= 0.6 is 0 Å². The summed E-state index contributed by atoms with van der Waals surface area (Å²) in [4.78, 5) is 0. The second kappa shape index (κ2) is 7.56. The highest BCUT2D eigenvalue weighted by Gasteiger charge is 2.39. The van der Waals surface area contributed by atoms with E-state index in [0.29, 0.717) is 13.2 Å². The molecule has 4 heteroatoms. The van der Waals surface area contributed by atoms with Gasteiger partial charge in [0, 0.05) is 18.9 Å². The van der Waals surface area contributed by atoms with Gasteiger partial charge in [-0.1, -0.05) is 25.1 Å². The third-order valence-electron chi connectivity index (χ3n) is 3.02. The quantitative estimate of drug-likeness (QED) is 0.731. The molecule has 0 amide bonds. The van der Waals surface area contributed by atoms with E-state index in [9.17, 15) is 0 Å². The van der Waals surface area contributed by atoms with Crippen LogP contribution in [0.5, 0.6) is 0 Å². The molecule has 1 aromatic carbocycles. The fourth-order valence-electron chi connectivity index (χ4n) is 2.16. The molecule has 0 spiro atoms. The van der Waals surface area contributed by atoms with Crippen molar-refractivity contribution in [3.05, 3.63) is 30.3 Å². The van der Waals surface area contributed by atoms with Gasteiger partial charge in [0.2, 0.25) is 0 Å². The molecule has 0 aliphatic heterocycles. The Labute approximate surface area is 112 Å². The minimum absolute atomic E-state index is 0.264. The van der Waals surface area contributed by atoms with Crippen molar-refractivity contribution in [1.82, 2.24) is 0 Å². The number of rotatable bonds is 8. The molecule has 0 saturated carbocycles. The van der Waals surface area contributed by atoms with E-state index in [1.165, 1.54) is 0 Å². The Kier molecular flexibility index (Phi) is 6.39. The Bertz CT molecular complexity index is 326. The first kappa shape index (κ1) is 15.2. The van der Waals surface area contributed by atoms with Crippen molar-refractivity contribution < 1.29 is 8.85 Å². The van der Waals surface area contributed by atoms with Crippen molar-refractivity contribution in [3.63, 3.8) is 0 Å². The van der Waals surface area contributed by atoms with Gasteiger partial charge in [-0.25, -0.2) is 0 Å². The first-order chi connectivity index (χ1) is 8.66. The monoisotopic (exact) mass is 267 g/mol. The lowest BCUT2D eigenvalue weighted by Gasteiger charge is -2.34. The molecule has 0 aliphatic carbocycles. The van der Waals surface area contributed by atoms with Crippen LogP contribution in [-0.4, -0.2) is 27.4 Å². The zero-order valence-corrected chi connectivity index (χ0v) is 12.9. The topological polar surface area (TPSA) is 30.5 Å². The second-order valence-corrected chi connectivity index (χ2v) is 7.66. The van der Waals surface area contributed by atoms with Gasteiger partial charge in [-0.3, -0.25) is 0 Å². The first-order valence-electron chi connectivity index (χ1n) is 6.75. The summed E-state index contributed by atoms with van der Waals surface area (Å²) >= 11 is 0. The van der Waals surface area contributed by atoms with Crippen LogP contribution in [0.4, 0.5) is 5.69 Å². The highest BCUT2D eigenvalue weighted by atomic mass is 28.4. The van der Waals surface area contributed by atoms with E-state index >= 15 is 0 Å². The number of hydrogen-bond acceptors (Lipinski definition) is 3. The predicted octanol–water partition coefficient (Wildman–Crippen LogP) is 3.56. The van der Waals surface area contributed by atoms with Gasteiger partial charge in [-0.05, 0) is 38.9 Å². The minimum atomic E-state index is -2.17. The van der Waals surface area contributed by atoms with E-state index in [1.807, 2.05) is 32.0 Å². The fourth-order valence-corrected chi connectivity index (χ4v) is 4.96. The maximum absolute atomic E-state index is 5.95. The summed E-state index contributed by atoms with van der Waals surface area (Å²) in [6.45, 7) is 9.78. The molecule has 0 bridgehead atoms. The van der Waals surface area contributed by atoms with Crippen molar-refractivity contribution in [1.29, 1.82) is 0 Å². The Morgan fingerprint density at radius 3 is 2.06 bits per heavy atom. The summed E-state index contributed by atoms with van der Waals surface area (Å²) in [5.41, 5.74) is 1.39. The van der Waals surface area contributed by atoms with E-state index in [4.69, 9.17) is 8.85 Å². The van der Waals surface area contributed by atoms with Crippen LogP contribution in [-0.2, 0) is 8.85 Å². The summed E-state index contributed by atoms with van der Waals surface area (Å²) in [5.74, 6) is 0. The molecule has 0 saturated heterocycles. The summed E-state index contributed by atoms with van der Waals surface area (Å²) in [5, 5.41) is 3.55. The highest BCUT2D eigenvalue weighted by Crippen LogP contribution is 2.20. The molecule has 0 aliphatic rings. The number of anilines is 1. The Morgan fingerprint density at radius 1 is 1.06 bits per heavy atom. The van der Waals surface area contributed by atoms with Crippen LogP contribution in [0, 0.1) is 0 Å². The van der Waals surface area contributed by atoms with Crippen LogP contribution in [0.15, 0.2) is 30.3 Å². The largest absolute Gasteiger partial charge is 0.394 e. The third-order valence-corrected chi connectivity index (χ3v) is 6.56. The Balaban J connectivity index is 2.79. The molecule has 1 unspecified atom stereocenters. The maximum Gasteiger partial charge on any atom is 0.357 e. The zero-order valence-electron chi connectivity index (χ0n) is 11.9. The van der Waals surface area contributed by atoms with Crippen molar-refractivity contribution in [3.8, 4) is 0 Å². The van der Waals surface area contributed by atoms with Crippen molar-refractivity contribution in [2.24, 2.45) is 0 Å². The van der Waals surface area contributed by atoms with Gasteiger partial charge in [0.05, 0.1) is 5.67 Å². The van der Waals surface area contributed by atoms with E-state index in [0.717, 1.165) is 12.1 Å². The van der Waals surface area contributed by atoms with Crippen LogP contribution < -0.4 is 5.32 Å². The lowest BCUT2D eigenvalue weighted by Crippen LogP contribution is -2.54. The molecule has 1 N–H and O–H groups in total. The summed E-state index contributed by atoms with van der Waals surface area (Å²) < 4.78 is 11.9. The van der Waals surface area contributed by atoms with E-state index in [1.54, 1.807) is 0 Å². The Hall–Kier alpha value is -0.843. The first-order valence-corrected chi connectivity index (χ1v) is 9.15. The van der Waals surface area contributed by atoms with E-state index < -0.39 is 8.56 Å². The predicted molar refractivity (Wildman–Crippen MR) is 79.0 cm³/mol. The lowest BCUT2D eigenvalue weighted by atomic mass is 10.3. The molecule has 1 rings (SSSR count). The van der Waals surface area contributed by atoms with Crippen LogP contribution in [0.2, 0.25) is 6.55 Å². The van der Waals surface area contributed by atoms with Gasteiger partial charge in [0.1, 0.15) is 0 Å². The van der Waals surface area contributed by atoms with Crippen molar-refractivity contribution in [2.75, 3.05) is 18.5 Å². The van der Waals surface area contributed by atoms with Gasteiger partial charge in [0.15, 0.2) is 0 Å². The fraction of sp³-hybridized carbons (Fsp3) is 0.571. The summed E-state index contributed by atoms with van der Waals surface area (Å²) in [6.07, 6.45) is 0.998. The molecular weight excluding hydrogens is 242 g/mol. The van der Waals surface area contributed by atoms with Gasteiger partial charge in [0.25, 0.3) is 0 Å². The third kappa shape index (κ3) is 4.12. The normalized spacial score (nSPS) is 13.3. The molecule has 0 radical (unpaired) electrons. The van der Waals surface area contributed by atoms with Gasteiger partial charge in [-0.15, -0.1) is 0 Å². The standard InChI is InChI=1S/C14H25NO2Si/c1-5-14(15-13-11-9-8-10-12-13)18(4,16-6-2)17-7-3/h8-12,14-15H,5-7H2,1-4H3. The van der Waals surface area contributed by atoms with Crippen LogP contribution in [0.25, 0.3) is 0 Å². The van der Waals surface area contributed by atoms with Crippen molar-refractivity contribution in [2.45, 2.75) is 39.4 Å². The number of hydrogen-bond donors (Lipinski definition) is 1. The average Bonchev–Trinajstić information content (AvgIpc) is 2.37. The van der Waals surface area contributed by atoms with Gasteiger partial charge >= 0.3 is 8.56 Å². The zero-order chi connectivity index (χ0) is 13.4. The molecule has 0 aromatic heterocycles. The molecule has 102 valence electrons. The Morgan fingerprint density at radius 2 is 1.61 bits per heavy atom. The number of nitrogens with one attached hydrogen (secondary N) is 1. The molecule has 1 aromatic rings. The molecule has 0 heterocycles. The molecule has 3 nitrogen and oxygen atoms in total. The average molecular weight is 267 g/mol. The van der Waals surface area contributed by atoms with E-state index in [2.05, 4.69) is 30.9 Å². The number of para-hydroxylation sites is 1. The SMILES string of the molecule is CCO[Si](C)(OCC)C(CC)Nc1ccccc1. The van der Waals surface area contributed by atoms with Gasteiger partial charge in [-0.2, -0.15) is 0 Å². The molecule has 0 fully saturated rings. The van der Waals surface area contributed by atoms with Gasteiger partial charge < -0.3 is 14.2 Å². The summed E-state index contributed by atoms with van der Waals surface area (Å²) in [6, 6.07) is 10.3. The lowest BCUT2D eigenvalue weighted by molar-refractivity contribution is 0.181. The maximum atomic E-state index is 5.95. The molecule has 1 atom stereocenters. The smallest absolute Gasteiger partial charge is 0.357 e. The van der Waals surface area contributed by atoms with Crippen LogP contribution in [0.1, 0.15) is 27.2 Å². The van der Waals surface area contributed by atoms with E-state index in [-0.39, 0.29) is 5.67 Å². The number of benzene rings is 1. The summed E-state index contributed by atoms with van der Waals surface area (Å²) in [7, 11) is -2.17.